The van der Waals surface area contributed by atoms with Crippen molar-refractivity contribution in [3.05, 3.63) is 71.4 Å². The van der Waals surface area contributed by atoms with Gasteiger partial charge in [-0.1, -0.05) is 23.7 Å². The van der Waals surface area contributed by atoms with Gasteiger partial charge in [0.05, 0.1) is 21.7 Å². The molecular formula is C18H13ClN2O3S2. The number of para-hydroxylation sites is 1. The average Bonchev–Trinajstić information content (AvgIpc) is 3.27. The third-order valence-electron chi connectivity index (χ3n) is 3.73. The van der Waals surface area contributed by atoms with Crippen LogP contribution in [0.2, 0.25) is 5.02 Å². The molecular weight excluding hydrogens is 392 g/mol. The maximum atomic E-state index is 12.3. The highest BCUT2D eigenvalue weighted by Gasteiger charge is 2.15. The first-order valence-electron chi connectivity index (χ1n) is 7.71. The van der Waals surface area contributed by atoms with Gasteiger partial charge >= 0.3 is 0 Å². The van der Waals surface area contributed by atoms with Crippen molar-refractivity contribution < 1.29 is 12.8 Å². The second-order valence-corrected chi connectivity index (χ2v) is 8.77. The first kappa shape index (κ1) is 17.2. The predicted octanol–water partition coefficient (Wildman–Crippen LogP) is 4.69. The summed E-state index contributed by atoms with van der Waals surface area (Å²) < 4.78 is 34.0. The van der Waals surface area contributed by atoms with E-state index >= 15 is 0 Å². The van der Waals surface area contributed by atoms with Crippen molar-refractivity contribution in [2.45, 2.75) is 11.4 Å². The van der Waals surface area contributed by atoms with Crippen molar-refractivity contribution >= 4 is 43.2 Å². The molecule has 4 aromatic rings. The Balaban J connectivity index is 1.50. The molecule has 0 unspecified atom stereocenters. The van der Waals surface area contributed by atoms with Crippen LogP contribution in [-0.4, -0.2) is 13.4 Å². The largest absolute Gasteiger partial charge is 0.457 e. The van der Waals surface area contributed by atoms with Gasteiger partial charge in [-0.05, 0) is 48.5 Å². The molecule has 0 radical (unpaired) electrons. The molecule has 0 spiro atoms. The van der Waals surface area contributed by atoms with Crippen LogP contribution in [0.4, 0.5) is 0 Å². The maximum Gasteiger partial charge on any atom is 0.240 e. The van der Waals surface area contributed by atoms with Crippen LogP contribution in [0.5, 0.6) is 0 Å². The van der Waals surface area contributed by atoms with Crippen LogP contribution in [0.25, 0.3) is 21.0 Å². The van der Waals surface area contributed by atoms with Gasteiger partial charge in [0.15, 0.2) is 10.8 Å². The van der Waals surface area contributed by atoms with Crippen molar-refractivity contribution in [1.82, 2.24) is 9.71 Å². The van der Waals surface area contributed by atoms with Gasteiger partial charge in [-0.2, -0.15) is 0 Å². The summed E-state index contributed by atoms with van der Waals surface area (Å²) in [5.41, 5.74) is 0.911. The Kier molecular flexibility index (Phi) is 4.54. The Bertz CT molecular complexity index is 1130. The molecule has 1 N–H and O–H groups in total. The maximum absolute atomic E-state index is 12.3. The van der Waals surface area contributed by atoms with Crippen molar-refractivity contribution in [3.63, 3.8) is 0 Å². The molecule has 0 bridgehead atoms. The number of hydrogen-bond acceptors (Lipinski definition) is 5. The highest BCUT2D eigenvalue weighted by Crippen LogP contribution is 2.31. The van der Waals surface area contributed by atoms with Gasteiger partial charge in [-0.15, -0.1) is 11.3 Å². The number of furan rings is 1. The molecule has 2 heterocycles. The van der Waals surface area contributed by atoms with Crippen LogP contribution >= 0.6 is 22.9 Å². The molecule has 0 fully saturated rings. The number of sulfonamides is 1. The standard InChI is InChI=1S/C18H13ClN2O3S2/c19-12-5-8-14(9-6-12)26(22,23)20-11-13-7-10-16(24-13)18-21-15-3-1-2-4-17(15)25-18/h1-10,20H,11H2. The van der Waals surface area contributed by atoms with E-state index in [2.05, 4.69) is 9.71 Å². The highest BCUT2D eigenvalue weighted by atomic mass is 35.5. The quantitative estimate of drug-likeness (QED) is 0.523. The zero-order chi connectivity index (χ0) is 18.1. The van der Waals surface area contributed by atoms with Crippen LogP contribution < -0.4 is 4.72 Å². The molecule has 5 nitrogen and oxygen atoms in total. The van der Waals surface area contributed by atoms with Crippen molar-refractivity contribution in [2.24, 2.45) is 0 Å². The smallest absolute Gasteiger partial charge is 0.240 e. The van der Waals surface area contributed by atoms with E-state index in [1.165, 1.54) is 35.6 Å². The van der Waals surface area contributed by atoms with Crippen LogP contribution in [0.15, 0.2) is 70.0 Å². The summed E-state index contributed by atoms with van der Waals surface area (Å²) in [6, 6.07) is 17.4. The normalized spacial score (nSPS) is 11.9. The molecule has 0 aliphatic heterocycles. The predicted molar refractivity (Wildman–Crippen MR) is 103 cm³/mol. The summed E-state index contributed by atoms with van der Waals surface area (Å²) in [5, 5.41) is 1.24. The number of thiazole rings is 1. The zero-order valence-corrected chi connectivity index (χ0v) is 15.7. The molecule has 0 aliphatic carbocycles. The van der Waals surface area contributed by atoms with E-state index < -0.39 is 10.0 Å². The third kappa shape index (κ3) is 3.52. The van der Waals surface area contributed by atoms with Gasteiger partial charge in [0.25, 0.3) is 0 Å². The molecule has 4 rings (SSSR count). The number of nitrogens with one attached hydrogen (secondary N) is 1. The molecule has 2 aromatic carbocycles. The Hall–Kier alpha value is -2.19. The Morgan fingerprint density at radius 1 is 1.04 bits per heavy atom. The lowest BCUT2D eigenvalue weighted by atomic mass is 10.3. The van der Waals surface area contributed by atoms with Crippen LogP contribution in [0.1, 0.15) is 5.76 Å². The van der Waals surface area contributed by atoms with Gasteiger partial charge in [0.1, 0.15) is 5.76 Å². The number of aromatic nitrogens is 1. The van der Waals surface area contributed by atoms with Gasteiger partial charge in [-0.3, -0.25) is 0 Å². The number of nitrogens with zero attached hydrogens (tertiary/aromatic N) is 1. The third-order valence-corrected chi connectivity index (χ3v) is 6.45. The molecule has 0 aliphatic rings. The van der Waals surface area contributed by atoms with Crippen molar-refractivity contribution in [1.29, 1.82) is 0 Å². The lowest BCUT2D eigenvalue weighted by Gasteiger charge is -2.05. The van der Waals surface area contributed by atoms with E-state index in [-0.39, 0.29) is 11.4 Å². The number of halogens is 1. The number of benzene rings is 2. The highest BCUT2D eigenvalue weighted by molar-refractivity contribution is 7.89. The van der Waals surface area contributed by atoms with Gasteiger partial charge in [0.2, 0.25) is 10.0 Å². The lowest BCUT2D eigenvalue weighted by Crippen LogP contribution is -2.22. The number of hydrogen-bond donors (Lipinski definition) is 1. The molecule has 0 saturated heterocycles. The molecule has 0 atom stereocenters. The summed E-state index contributed by atoms with van der Waals surface area (Å²) in [6.07, 6.45) is 0. The average molecular weight is 405 g/mol. The fourth-order valence-electron chi connectivity index (χ4n) is 2.43. The summed E-state index contributed by atoms with van der Waals surface area (Å²) in [6.45, 7) is 0.0514. The van der Waals surface area contributed by atoms with Crippen molar-refractivity contribution in [2.75, 3.05) is 0 Å². The summed E-state index contributed by atoms with van der Waals surface area (Å²) in [5.74, 6) is 1.13. The zero-order valence-electron chi connectivity index (χ0n) is 13.3. The molecule has 2 aromatic heterocycles. The minimum absolute atomic E-state index is 0.0514. The fraction of sp³-hybridized carbons (Fsp3) is 0.0556. The molecule has 8 heteroatoms. The molecule has 0 saturated carbocycles. The molecule has 26 heavy (non-hydrogen) atoms. The number of rotatable bonds is 5. The second kappa shape index (κ2) is 6.85. The van der Waals surface area contributed by atoms with E-state index in [1.54, 1.807) is 12.1 Å². The topological polar surface area (TPSA) is 72.2 Å². The van der Waals surface area contributed by atoms with E-state index in [1.807, 2.05) is 24.3 Å². The van der Waals surface area contributed by atoms with E-state index in [4.69, 9.17) is 16.0 Å². The summed E-state index contributed by atoms with van der Waals surface area (Å²) >= 11 is 7.32. The summed E-state index contributed by atoms with van der Waals surface area (Å²) in [7, 11) is -3.63. The minimum Gasteiger partial charge on any atom is -0.457 e. The van der Waals surface area contributed by atoms with Crippen LogP contribution in [-0.2, 0) is 16.6 Å². The van der Waals surface area contributed by atoms with Gasteiger partial charge in [-0.25, -0.2) is 18.1 Å². The van der Waals surface area contributed by atoms with E-state index in [0.717, 1.165) is 15.2 Å². The Morgan fingerprint density at radius 3 is 2.58 bits per heavy atom. The van der Waals surface area contributed by atoms with Gasteiger partial charge < -0.3 is 4.42 Å². The van der Waals surface area contributed by atoms with Crippen LogP contribution in [0.3, 0.4) is 0 Å². The van der Waals surface area contributed by atoms with E-state index in [9.17, 15) is 8.42 Å². The molecule has 132 valence electrons. The van der Waals surface area contributed by atoms with Crippen LogP contribution in [0, 0.1) is 0 Å². The Labute approximate surface area is 159 Å². The second-order valence-electron chi connectivity index (χ2n) is 5.53. The first-order chi connectivity index (χ1) is 12.5. The molecule has 0 amide bonds. The monoisotopic (exact) mass is 404 g/mol. The SMILES string of the molecule is O=S(=O)(NCc1ccc(-c2nc3ccccc3s2)o1)c1ccc(Cl)cc1. The number of fused-ring (bicyclic) bond motifs is 1. The minimum atomic E-state index is -3.63. The Morgan fingerprint density at radius 2 is 1.81 bits per heavy atom. The fourth-order valence-corrected chi connectivity index (χ4v) is 4.48. The van der Waals surface area contributed by atoms with E-state index in [0.29, 0.717) is 16.5 Å². The van der Waals surface area contributed by atoms with Crippen molar-refractivity contribution in [3.8, 4) is 10.8 Å². The van der Waals surface area contributed by atoms with Gasteiger partial charge in [0, 0.05) is 5.02 Å². The summed E-state index contributed by atoms with van der Waals surface area (Å²) in [4.78, 5) is 4.69. The first-order valence-corrected chi connectivity index (χ1v) is 10.4. The lowest BCUT2D eigenvalue weighted by molar-refractivity contribution is 0.509.